The highest BCUT2D eigenvalue weighted by molar-refractivity contribution is 6.58. The largest absolute Gasteiger partial charge is 0.508 e. The van der Waals surface area contributed by atoms with Gasteiger partial charge in [0.25, 0.3) is 11.8 Å². The Morgan fingerprint density at radius 1 is 0.717 bits per heavy atom. The summed E-state index contributed by atoms with van der Waals surface area (Å²) < 4.78 is 72.7. The van der Waals surface area contributed by atoms with Gasteiger partial charge in [-0.15, -0.1) is 23.2 Å². The van der Waals surface area contributed by atoms with Crippen LogP contribution in [0.25, 0.3) is 0 Å². The van der Waals surface area contributed by atoms with Gasteiger partial charge in [-0.25, -0.2) is 26.9 Å². The fraction of sp³-hybridized carbons (Fsp3) is 0.250. The number of carbonyl (C=O) groups is 4. The van der Waals surface area contributed by atoms with E-state index in [1.807, 2.05) is 0 Å². The third kappa shape index (κ3) is 3.71. The standard InChI is InChI=1S/C32H19Cl2F5N2O5/c33-31-12-18-16(10-11-17-19(18)28(44)40(27(17)43)14-4-2-1-3-5-14)20(13-6-8-15(42)9-7-13)32(31,34)30(46)41(29(31)45)26-24(38)22(36)21(35)23(37)25(26)39/h1-10,17-20,42H,11-12H2/t17-,18+,19-,20-,31+,32-/m0/s1. The lowest BCUT2D eigenvalue weighted by atomic mass is 9.56. The van der Waals surface area contributed by atoms with Gasteiger partial charge in [-0.3, -0.25) is 24.1 Å². The molecule has 7 rings (SSSR count). The molecule has 0 bridgehead atoms. The van der Waals surface area contributed by atoms with Crippen molar-refractivity contribution in [3.8, 4) is 5.75 Å². The summed E-state index contributed by atoms with van der Waals surface area (Å²) in [4.78, 5) is 51.5. The van der Waals surface area contributed by atoms with Crippen molar-refractivity contribution in [2.45, 2.75) is 28.5 Å². The van der Waals surface area contributed by atoms with Crippen LogP contribution in [-0.2, 0) is 19.2 Å². The molecular weight excluding hydrogens is 658 g/mol. The number of rotatable bonds is 3. The quantitative estimate of drug-likeness (QED) is 0.0938. The van der Waals surface area contributed by atoms with Crippen LogP contribution in [0, 0.1) is 46.8 Å². The molecule has 0 spiro atoms. The molecule has 1 N–H and O–H groups in total. The van der Waals surface area contributed by atoms with Crippen LogP contribution in [-0.4, -0.2) is 38.5 Å². The minimum absolute atomic E-state index is 0.0186. The number of nitrogens with zero attached hydrogens (tertiary/aromatic N) is 2. The zero-order valence-corrected chi connectivity index (χ0v) is 24.6. The first-order valence-corrected chi connectivity index (χ1v) is 14.7. The molecule has 3 aromatic rings. The highest BCUT2D eigenvalue weighted by atomic mass is 35.5. The van der Waals surface area contributed by atoms with Crippen LogP contribution in [0.3, 0.4) is 0 Å². The molecule has 236 valence electrons. The molecule has 3 fully saturated rings. The monoisotopic (exact) mass is 676 g/mol. The van der Waals surface area contributed by atoms with Crippen molar-refractivity contribution in [1.82, 2.24) is 0 Å². The molecule has 0 unspecified atom stereocenters. The lowest BCUT2D eigenvalue weighted by molar-refractivity contribution is -0.125. The molecular formula is C32H19Cl2F5N2O5. The predicted molar refractivity (Wildman–Crippen MR) is 153 cm³/mol. The van der Waals surface area contributed by atoms with Gasteiger partial charge in [0.15, 0.2) is 33.0 Å². The Bertz CT molecular complexity index is 1900. The summed E-state index contributed by atoms with van der Waals surface area (Å²) in [6.07, 6.45) is 1.02. The number of phenolic OH excluding ortho intramolecular Hbond substituents is 1. The summed E-state index contributed by atoms with van der Waals surface area (Å²) in [5.41, 5.74) is -1.04. The Balaban J connectivity index is 1.43. The first kappa shape index (κ1) is 30.4. The van der Waals surface area contributed by atoms with E-state index in [0.29, 0.717) is 11.3 Å². The number of carbonyl (C=O) groups excluding carboxylic acids is 4. The number of hydrogen-bond acceptors (Lipinski definition) is 5. The normalized spacial score (nSPS) is 30.4. The molecule has 0 radical (unpaired) electrons. The van der Waals surface area contributed by atoms with E-state index in [9.17, 15) is 37.5 Å². The molecule has 46 heavy (non-hydrogen) atoms. The van der Waals surface area contributed by atoms with Crippen molar-refractivity contribution in [2.75, 3.05) is 9.80 Å². The van der Waals surface area contributed by atoms with Gasteiger partial charge in [0.05, 0.1) is 17.5 Å². The molecule has 4 aliphatic rings. The molecule has 1 saturated carbocycles. The van der Waals surface area contributed by atoms with Crippen LogP contribution in [0.2, 0.25) is 0 Å². The van der Waals surface area contributed by atoms with E-state index in [0.717, 1.165) is 4.90 Å². The molecule has 0 aromatic heterocycles. The summed E-state index contributed by atoms with van der Waals surface area (Å²) in [6.45, 7) is 0. The summed E-state index contributed by atoms with van der Waals surface area (Å²) in [6, 6.07) is 13.3. The number of allylic oxidation sites excluding steroid dienone is 2. The van der Waals surface area contributed by atoms with Crippen molar-refractivity contribution < 1.29 is 46.2 Å². The highest BCUT2D eigenvalue weighted by Crippen LogP contribution is 2.66. The molecule has 3 aromatic carbocycles. The van der Waals surface area contributed by atoms with Crippen molar-refractivity contribution in [2.24, 2.45) is 17.8 Å². The van der Waals surface area contributed by atoms with Gasteiger partial charge in [0.2, 0.25) is 17.6 Å². The van der Waals surface area contributed by atoms with Gasteiger partial charge >= 0.3 is 0 Å². The number of para-hydroxylation sites is 1. The first-order valence-electron chi connectivity index (χ1n) is 14.0. The van der Waals surface area contributed by atoms with Gasteiger partial charge in [-0.05, 0) is 48.6 Å². The lowest BCUT2D eigenvalue weighted by Gasteiger charge is -2.50. The Hall–Kier alpha value is -4.29. The second-order valence-electron chi connectivity index (χ2n) is 11.6. The molecule has 7 nitrogen and oxygen atoms in total. The summed E-state index contributed by atoms with van der Waals surface area (Å²) in [7, 11) is 0. The van der Waals surface area contributed by atoms with E-state index in [-0.39, 0.29) is 22.6 Å². The maximum atomic E-state index is 15.1. The minimum atomic E-state index is -2.62. The van der Waals surface area contributed by atoms with Gasteiger partial charge in [0, 0.05) is 5.92 Å². The molecule has 14 heteroatoms. The summed E-state index contributed by atoms with van der Waals surface area (Å²) >= 11 is 14.1. The van der Waals surface area contributed by atoms with E-state index in [1.54, 1.807) is 36.4 Å². The van der Waals surface area contributed by atoms with Gasteiger partial charge < -0.3 is 5.11 Å². The van der Waals surface area contributed by atoms with Crippen LogP contribution >= 0.6 is 23.2 Å². The van der Waals surface area contributed by atoms with E-state index >= 15 is 8.78 Å². The fourth-order valence-corrected chi connectivity index (χ4v) is 8.37. The average Bonchev–Trinajstić information content (AvgIpc) is 3.38. The number of halogens is 7. The zero-order chi connectivity index (χ0) is 33.0. The number of aromatic hydroxyl groups is 1. The molecule has 4 amide bonds. The third-order valence-electron chi connectivity index (χ3n) is 9.46. The SMILES string of the molecule is O=C1[C@H]2[C@H](CC=C3[C@H]2C[C@@]2(Cl)C(=O)N(c4c(F)c(F)c(F)c(F)c4F)C(=O)[C@@]2(Cl)[C@H]3c2ccc(O)cc2)C(=O)N1c1ccccc1. The first-order chi connectivity index (χ1) is 21.8. The number of hydrogen-bond donors (Lipinski definition) is 1. The highest BCUT2D eigenvalue weighted by Gasteiger charge is 2.77. The van der Waals surface area contributed by atoms with Crippen molar-refractivity contribution in [3.63, 3.8) is 0 Å². The molecule has 2 heterocycles. The number of benzene rings is 3. The van der Waals surface area contributed by atoms with Crippen LogP contribution in [0.1, 0.15) is 24.3 Å². The number of anilines is 2. The third-order valence-corrected chi connectivity index (χ3v) is 10.9. The smallest absolute Gasteiger partial charge is 0.258 e. The Morgan fingerprint density at radius 2 is 1.30 bits per heavy atom. The Morgan fingerprint density at radius 3 is 1.91 bits per heavy atom. The van der Waals surface area contributed by atoms with E-state index < -0.39 is 98.2 Å². The van der Waals surface area contributed by atoms with Crippen molar-refractivity contribution in [3.05, 3.63) is 101 Å². The van der Waals surface area contributed by atoms with E-state index in [1.165, 1.54) is 24.3 Å². The molecule has 2 aliphatic heterocycles. The predicted octanol–water partition coefficient (Wildman–Crippen LogP) is 5.86. The van der Waals surface area contributed by atoms with Gasteiger partial charge in [0.1, 0.15) is 11.4 Å². The van der Waals surface area contributed by atoms with Gasteiger partial charge in [-0.1, -0.05) is 42.0 Å². The number of alkyl halides is 2. The molecule has 2 saturated heterocycles. The van der Waals surface area contributed by atoms with Crippen molar-refractivity contribution >= 4 is 58.2 Å². The molecule has 6 atom stereocenters. The average molecular weight is 677 g/mol. The topological polar surface area (TPSA) is 95.0 Å². The Kier molecular flexibility index (Phi) is 6.67. The number of phenols is 1. The Labute approximate surface area is 266 Å². The maximum absolute atomic E-state index is 15.1. The minimum Gasteiger partial charge on any atom is -0.508 e. The second-order valence-corrected chi connectivity index (χ2v) is 12.9. The van der Waals surface area contributed by atoms with Gasteiger partial charge in [-0.2, -0.15) is 0 Å². The molecule has 2 aliphatic carbocycles. The van der Waals surface area contributed by atoms with Crippen molar-refractivity contribution in [1.29, 1.82) is 0 Å². The zero-order valence-electron chi connectivity index (χ0n) is 23.1. The van der Waals surface area contributed by atoms with Crippen LogP contribution < -0.4 is 9.80 Å². The number of fused-ring (bicyclic) bond motifs is 4. The van der Waals surface area contributed by atoms with Crippen LogP contribution in [0.5, 0.6) is 5.75 Å². The number of amides is 4. The summed E-state index contributed by atoms with van der Waals surface area (Å²) in [5.74, 6) is -21.1. The van der Waals surface area contributed by atoms with E-state index in [4.69, 9.17) is 23.2 Å². The van der Waals surface area contributed by atoms with E-state index in [2.05, 4.69) is 0 Å². The van der Waals surface area contributed by atoms with Crippen LogP contribution in [0.15, 0.2) is 66.2 Å². The summed E-state index contributed by atoms with van der Waals surface area (Å²) in [5, 5.41) is 9.96. The second kappa shape index (κ2) is 10.1. The lowest BCUT2D eigenvalue weighted by Crippen LogP contribution is -2.60. The fourth-order valence-electron chi connectivity index (χ4n) is 7.44. The van der Waals surface area contributed by atoms with Crippen LogP contribution in [0.4, 0.5) is 33.3 Å². The number of imide groups is 2. The maximum Gasteiger partial charge on any atom is 0.258 e.